The van der Waals surface area contributed by atoms with Crippen LogP contribution < -0.4 is 0 Å². The Morgan fingerprint density at radius 3 is 2.50 bits per heavy atom. The first-order valence-electron chi connectivity index (χ1n) is 8.77. The third-order valence-electron chi connectivity index (χ3n) is 4.34. The van der Waals surface area contributed by atoms with Gasteiger partial charge in [0.1, 0.15) is 0 Å². The molecule has 0 unspecified atom stereocenters. The fraction of sp³-hybridized carbons (Fsp3) is 0.286. The summed E-state index contributed by atoms with van der Waals surface area (Å²) in [6.07, 6.45) is 3.38. The van der Waals surface area contributed by atoms with Gasteiger partial charge in [-0.25, -0.2) is 9.67 Å². The second kappa shape index (κ2) is 7.52. The van der Waals surface area contributed by atoms with Gasteiger partial charge in [-0.05, 0) is 30.5 Å². The van der Waals surface area contributed by atoms with Crippen LogP contribution >= 0.6 is 0 Å². The lowest BCUT2D eigenvalue weighted by Crippen LogP contribution is -2.27. The number of aryl methyl sites for hydroxylation is 1. The number of hydrogen-bond acceptors (Lipinski definition) is 3. The summed E-state index contributed by atoms with van der Waals surface area (Å²) >= 11 is 0. The standard InChI is InChI=1S/C21H24N4O/c1-15(2)20-18(13-23-25(20)19-7-5-6-12-22-19)21(26)24(4)14-17-10-8-16(3)9-11-17/h5-13,15H,14H2,1-4H3. The van der Waals surface area contributed by atoms with Crippen molar-refractivity contribution in [3.05, 3.63) is 77.2 Å². The third-order valence-corrected chi connectivity index (χ3v) is 4.34. The van der Waals surface area contributed by atoms with Crippen LogP contribution in [-0.2, 0) is 6.54 Å². The van der Waals surface area contributed by atoms with Crippen LogP contribution in [0.1, 0.15) is 46.9 Å². The van der Waals surface area contributed by atoms with Crippen molar-refractivity contribution in [2.24, 2.45) is 0 Å². The van der Waals surface area contributed by atoms with E-state index in [0.29, 0.717) is 12.1 Å². The van der Waals surface area contributed by atoms with E-state index in [1.54, 1.807) is 22.0 Å². The summed E-state index contributed by atoms with van der Waals surface area (Å²) in [6.45, 7) is 6.74. The van der Waals surface area contributed by atoms with Gasteiger partial charge in [-0.1, -0.05) is 49.7 Å². The molecule has 5 heteroatoms. The van der Waals surface area contributed by atoms with Gasteiger partial charge < -0.3 is 4.90 Å². The Bertz CT molecular complexity index is 882. The average Bonchev–Trinajstić information content (AvgIpc) is 3.09. The molecule has 0 atom stereocenters. The molecule has 0 bridgehead atoms. The van der Waals surface area contributed by atoms with Crippen molar-refractivity contribution in [1.82, 2.24) is 19.7 Å². The number of carbonyl (C=O) groups is 1. The van der Waals surface area contributed by atoms with E-state index in [2.05, 4.69) is 55.1 Å². The molecule has 5 nitrogen and oxygen atoms in total. The summed E-state index contributed by atoms with van der Waals surface area (Å²) < 4.78 is 1.76. The number of aromatic nitrogens is 3. The number of pyridine rings is 1. The molecule has 0 spiro atoms. The molecule has 3 aromatic rings. The molecule has 0 aliphatic rings. The smallest absolute Gasteiger partial charge is 0.257 e. The fourth-order valence-electron chi connectivity index (χ4n) is 2.98. The van der Waals surface area contributed by atoms with Gasteiger partial charge in [0.25, 0.3) is 5.91 Å². The molecule has 2 heterocycles. The van der Waals surface area contributed by atoms with Gasteiger partial charge in [0.15, 0.2) is 5.82 Å². The van der Waals surface area contributed by atoms with Gasteiger partial charge >= 0.3 is 0 Å². The summed E-state index contributed by atoms with van der Waals surface area (Å²) in [4.78, 5) is 19.1. The van der Waals surface area contributed by atoms with Crippen molar-refractivity contribution < 1.29 is 4.79 Å². The highest BCUT2D eigenvalue weighted by Crippen LogP contribution is 2.23. The highest BCUT2D eigenvalue weighted by atomic mass is 16.2. The van der Waals surface area contributed by atoms with Crippen LogP contribution in [0, 0.1) is 6.92 Å². The molecule has 3 rings (SSSR count). The van der Waals surface area contributed by atoms with Crippen molar-refractivity contribution in [3.63, 3.8) is 0 Å². The molecule has 1 amide bonds. The molecule has 0 aliphatic heterocycles. The summed E-state index contributed by atoms with van der Waals surface area (Å²) in [6, 6.07) is 13.9. The van der Waals surface area contributed by atoms with Crippen molar-refractivity contribution in [2.45, 2.75) is 33.2 Å². The predicted molar refractivity (Wildman–Crippen MR) is 102 cm³/mol. The molecular weight excluding hydrogens is 324 g/mol. The fourth-order valence-corrected chi connectivity index (χ4v) is 2.98. The molecule has 0 N–H and O–H groups in total. The first-order chi connectivity index (χ1) is 12.5. The topological polar surface area (TPSA) is 51.0 Å². The van der Waals surface area contributed by atoms with E-state index in [9.17, 15) is 4.79 Å². The highest BCUT2D eigenvalue weighted by molar-refractivity contribution is 5.95. The normalized spacial score (nSPS) is 11.0. The van der Waals surface area contributed by atoms with E-state index in [4.69, 9.17) is 0 Å². The largest absolute Gasteiger partial charge is 0.337 e. The lowest BCUT2D eigenvalue weighted by Gasteiger charge is -2.19. The maximum absolute atomic E-state index is 13.0. The van der Waals surface area contributed by atoms with E-state index in [-0.39, 0.29) is 11.8 Å². The van der Waals surface area contributed by atoms with E-state index in [0.717, 1.165) is 17.1 Å². The number of nitrogens with zero attached hydrogens (tertiary/aromatic N) is 4. The molecule has 134 valence electrons. The zero-order chi connectivity index (χ0) is 18.7. The third kappa shape index (κ3) is 3.67. The molecule has 26 heavy (non-hydrogen) atoms. The minimum Gasteiger partial charge on any atom is -0.337 e. The molecule has 1 aromatic carbocycles. The number of amides is 1. The maximum atomic E-state index is 13.0. The van der Waals surface area contributed by atoms with Crippen molar-refractivity contribution >= 4 is 5.91 Å². The Hall–Kier alpha value is -2.95. The lowest BCUT2D eigenvalue weighted by molar-refractivity contribution is 0.0783. The van der Waals surface area contributed by atoms with Gasteiger partial charge in [-0.3, -0.25) is 4.79 Å². The molecule has 0 aliphatic carbocycles. The van der Waals surface area contributed by atoms with Gasteiger partial charge in [0, 0.05) is 19.8 Å². The van der Waals surface area contributed by atoms with Crippen LogP contribution in [0.15, 0.2) is 54.9 Å². The minimum absolute atomic E-state index is 0.0311. The molecular formula is C21H24N4O. The van der Waals surface area contributed by atoms with Crippen LogP contribution in [0.3, 0.4) is 0 Å². The van der Waals surface area contributed by atoms with Crippen LogP contribution in [0.5, 0.6) is 0 Å². The van der Waals surface area contributed by atoms with E-state index < -0.39 is 0 Å². The lowest BCUT2D eigenvalue weighted by atomic mass is 10.0. The predicted octanol–water partition coefficient (Wildman–Crippen LogP) is 3.97. The second-order valence-corrected chi connectivity index (χ2v) is 6.84. The monoisotopic (exact) mass is 348 g/mol. The summed E-state index contributed by atoms with van der Waals surface area (Å²) in [7, 11) is 1.82. The first kappa shape index (κ1) is 17.9. The minimum atomic E-state index is -0.0311. The Morgan fingerprint density at radius 2 is 1.88 bits per heavy atom. The first-order valence-corrected chi connectivity index (χ1v) is 8.77. The van der Waals surface area contributed by atoms with Gasteiger partial charge in [-0.15, -0.1) is 0 Å². The van der Waals surface area contributed by atoms with Gasteiger partial charge in [0.05, 0.1) is 17.5 Å². The Morgan fingerprint density at radius 1 is 1.15 bits per heavy atom. The average molecular weight is 348 g/mol. The maximum Gasteiger partial charge on any atom is 0.257 e. The van der Waals surface area contributed by atoms with Crippen LogP contribution in [0.25, 0.3) is 5.82 Å². The molecule has 0 saturated heterocycles. The second-order valence-electron chi connectivity index (χ2n) is 6.84. The number of rotatable bonds is 5. The quantitative estimate of drug-likeness (QED) is 0.701. The van der Waals surface area contributed by atoms with E-state index >= 15 is 0 Å². The zero-order valence-electron chi connectivity index (χ0n) is 15.7. The zero-order valence-corrected chi connectivity index (χ0v) is 15.7. The van der Waals surface area contributed by atoms with Crippen LogP contribution in [0.4, 0.5) is 0 Å². The Labute approximate surface area is 154 Å². The Kier molecular flexibility index (Phi) is 5.16. The molecule has 0 saturated carbocycles. The summed E-state index contributed by atoms with van der Waals surface area (Å²) in [5, 5.41) is 4.44. The van der Waals surface area contributed by atoms with Crippen LogP contribution in [-0.4, -0.2) is 32.6 Å². The SMILES string of the molecule is Cc1ccc(CN(C)C(=O)c2cnn(-c3ccccn3)c2C(C)C)cc1. The van der Waals surface area contributed by atoms with Crippen LogP contribution in [0.2, 0.25) is 0 Å². The van der Waals surface area contributed by atoms with Crippen molar-refractivity contribution in [3.8, 4) is 5.82 Å². The highest BCUT2D eigenvalue weighted by Gasteiger charge is 2.23. The van der Waals surface area contributed by atoms with Crippen molar-refractivity contribution in [1.29, 1.82) is 0 Å². The number of hydrogen-bond donors (Lipinski definition) is 0. The number of carbonyl (C=O) groups excluding carboxylic acids is 1. The molecule has 0 fully saturated rings. The molecule has 2 aromatic heterocycles. The summed E-state index contributed by atoms with van der Waals surface area (Å²) in [5.74, 6) is 0.833. The Balaban J connectivity index is 1.89. The molecule has 0 radical (unpaired) electrons. The van der Waals surface area contributed by atoms with Gasteiger partial charge in [-0.2, -0.15) is 5.10 Å². The summed E-state index contributed by atoms with van der Waals surface area (Å²) in [5.41, 5.74) is 3.82. The van der Waals surface area contributed by atoms with E-state index in [1.807, 2.05) is 25.2 Å². The van der Waals surface area contributed by atoms with E-state index in [1.165, 1.54) is 5.56 Å². The number of benzene rings is 1. The van der Waals surface area contributed by atoms with Crippen molar-refractivity contribution in [2.75, 3.05) is 7.05 Å². The van der Waals surface area contributed by atoms with Gasteiger partial charge in [0.2, 0.25) is 0 Å².